The molecular formula is C23H21N5O3S. The Labute approximate surface area is 188 Å². The maximum atomic E-state index is 12.9. The molecule has 0 aliphatic heterocycles. The molecule has 3 amide bonds. The minimum atomic E-state index is -0.402. The lowest BCUT2D eigenvalue weighted by Gasteiger charge is -2.10. The Hall–Kier alpha value is -3.98. The molecule has 4 N–H and O–H groups in total. The van der Waals surface area contributed by atoms with Crippen LogP contribution >= 0.6 is 11.3 Å². The number of aromatic nitrogens is 2. The molecule has 32 heavy (non-hydrogen) atoms. The molecular weight excluding hydrogens is 426 g/mol. The van der Waals surface area contributed by atoms with E-state index in [9.17, 15) is 14.4 Å². The van der Waals surface area contributed by atoms with Crippen LogP contribution < -0.4 is 16.0 Å². The van der Waals surface area contributed by atoms with E-state index in [1.807, 2.05) is 36.6 Å². The number of rotatable bonds is 5. The summed E-state index contributed by atoms with van der Waals surface area (Å²) in [5, 5.41) is 11.5. The van der Waals surface area contributed by atoms with Crippen molar-refractivity contribution < 1.29 is 14.4 Å². The topological polar surface area (TPSA) is 116 Å². The van der Waals surface area contributed by atoms with E-state index in [2.05, 4.69) is 25.9 Å². The highest BCUT2D eigenvalue weighted by Gasteiger charge is 2.16. The van der Waals surface area contributed by atoms with E-state index in [1.165, 1.54) is 25.2 Å². The number of nitrogens with one attached hydrogen (secondary N) is 4. The number of nitrogens with zero attached hydrogens (tertiary/aromatic N) is 1. The number of aryl methyl sites for hydroxylation is 1. The van der Waals surface area contributed by atoms with Gasteiger partial charge in [-0.3, -0.25) is 19.7 Å². The van der Waals surface area contributed by atoms with Crippen molar-refractivity contribution in [2.45, 2.75) is 20.8 Å². The summed E-state index contributed by atoms with van der Waals surface area (Å²) in [5.41, 5.74) is 4.88. The van der Waals surface area contributed by atoms with Gasteiger partial charge in [0.15, 0.2) is 5.13 Å². The maximum absolute atomic E-state index is 12.9. The van der Waals surface area contributed by atoms with Crippen LogP contribution in [0.4, 0.5) is 16.5 Å². The first-order chi connectivity index (χ1) is 15.3. The lowest BCUT2D eigenvalue weighted by atomic mass is 10.1. The molecule has 0 atom stereocenters. The Balaban J connectivity index is 1.61. The van der Waals surface area contributed by atoms with Crippen molar-refractivity contribution in [1.29, 1.82) is 0 Å². The molecule has 0 saturated heterocycles. The van der Waals surface area contributed by atoms with Gasteiger partial charge in [0.25, 0.3) is 5.91 Å². The van der Waals surface area contributed by atoms with Gasteiger partial charge in [-0.1, -0.05) is 18.2 Å². The molecule has 8 nitrogen and oxygen atoms in total. The summed E-state index contributed by atoms with van der Waals surface area (Å²) in [6.45, 7) is 4.73. The number of H-pyrrole nitrogens is 1. The molecule has 0 aliphatic rings. The molecule has 2 heterocycles. The largest absolute Gasteiger partial charge is 0.358 e. The number of para-hydroxylation sites is 1. The zero-order chi connectivity index (χ0) is 22.8. The van der Waals surface area contributed by atoms with Gasteiger partial charge >= 0.3 is 0 Å². The molecule has 0 fully saturated rings. The highest BCUT2D eigenvalue weighted by atomic mass is 32.1. The molecule has 2 aromatic heterocycles. The number of hydrogen-bond donors (Lipinski definition) is 4. The molecule has 4 rings (SSSR count). The second kappa shape index (κ2) is 8.64. The first-order valence-electron chi connectivity index (χ1n) is 9.85. The summed E-state index contributed by atoms with van der Waals surface area (Å²) < 4.78 is 0. The number of thiazole rings is 1. The van der Waals surface area contributed by atoms with Crippen LogP contribution in [0.3, 0.4) is 0 Å². The van der Waals surface area contributed by atoms with E-state index < -0.39 is 5.91 Å². The van der Waals surface area contributed by atoms with Gasteiger partial charge in [0.1, 0.15) is 0 Å². The predicted molar refractivity (Wildman–Crippen MR) is 127 cm³/mol. The summed E-state index contributed by atoms with van der Waals surface area (Å²) in [7, 11) is 0. The van der Waals surface area contributed by atoms with E-state index in [0.717, 1.165) is 27.9 Å². The number of carbonyl (C=O) groups is 3. The molecule has 0 bridgehead atoms. The van der Waals surface area contributed by atoms with Crippen molar-refractivity contribution in [1.82, 2.24) is 9.97 Å². The first kappa shape index (κ1) is 21.3. The van der Waals surface area contributed by atoms with Crippen molar-refractivity contribution in [3.63, 3.8) is 0 Å². The van der Waals surface area contributed by atoms with Crippen LogP contribution in [0.2, 0.25) is 0 Å². The molecule has 162 valence electrons. The van der Waals surface area contributed by atoms with Gasteiger partial charge in [-0.2, -0.15) is 0 Å². The summed E-state index contributed by atoms with van der Waals surface area (Å²) >= 11 is 1.32. The van der Waals surface area contributed by atoms with Crippen LogP contribution in [0.25, 0.3) is 22.2 Å². The van der Waals surface area contributed by atoms with Crippen molar-refractivity contribution in [2.24, 2.45) is 0 Å². The van der Waals surface area contributed by atoms with Gasteiger partial charge in [-0.25, -0.2) is 4.98 Å². The second-order valence-corrected chi connectivity index (χ2v) is 8.18. The van der Waals surface area contributed by atoms with Crippen molar-refractivity contribution in [2.75, 3.05) is 16.0 Å². The Bertz CT molecular complexity index is 1320. The van der Waals surface area contributed by atoms with Crippen LogP contribution in [-0.2, 0) is 9.59 Å². The number of amides is 3. The van der Waals surface area contributed by atoms with Crippen LogP contribution in [0.15, 0.2) is 47.8 Å². The predicted octanol–water partition coefficient (Wildman–Crippen LogP) is 4.77. The zero-order valence-corrected chi connectivity index (χ0v) is 18.5. The minimum Gasteiger partial charge on any atom is -0.358 e. The second-order valence-electron chi connectivity index (χ2n) is 7.32. The number of aromatic amines is 1. The van der Waals surface area contributed by atoms with E-state index in [-0.39, 0.29) is 17.4 Å². The van der Waals surface area contributed by atoms with Crippen molar-refractivity contribution in [3.05, 3.63) is 59.1 Å². The third kappa shape index (κ3) is 4.52. The van der Waals surface area contributed by atoms with E-state index in [1.54, 1.807) is 18.2 Å². The SMILES string of the molecule is CC(=O)Nc1cc(NC(C)=O)cc(C(=O)Nc2nc(-c3c(C)[nH]c4ccccc34)cs2)c1. The Morgan fingerprint density at radius 1 is 0.938 bits per heavy atom. The van der Waals surface area contributed by atoms with Crippen molar-refractivity contribution >= 4 is 56.5 Å². The summed E-state index contributed by atoms with van der Waals surface area (Å²) in [5.74, 6) is -0.967. The molecule has 4 aromatic rings. The molecule has 0 unspecified atom stereocenters. The number of anilines is 3. The molecule has 0 aliphatic carbocycles. The summed E-state index contributed by atoms with van der Waals surface area (Å²) in [6.07, 6.45) is 0. The summed E-state index contributed by atoms with van der Waals surface area (Å²) in [4.78, 5) is 43.7. The van der Waals surface area contributed by atoms with E-state index in [4.69, 9.17) is 0 Å². The average molecular weight is 448 g/mol. The lowest BCUT2D eigenvalue weighted by Crippen LogP contribution is -2.15. The number of benzene rings is 2. The third-order valence-electron chi connectivity index (χ3n) is 4.71. The number of carbonyl (C=O) groups excluding carboxylic acids is 3. The van der Waals surface area contributed by atoms with Gasteiger partial charge in [0.05, 0.1) is 5.69 Å². The van der Waals surface area contributed by atoms with Gasteiger partial charge < -0.3 is 15.6 Å². The quantitative estimate of drug-likeness (QED) is 0.353. The Morgan fingerprint density at radius 2 is 1.59 bits per heavy atom. The van der Waals surface area contributed by atoms with Crippen LogP contribution in [-0.4, -0.2) is 27.7 Å². The van der Waals surface area contributed by atoms with Crippen molar-refractivity contribution in [3.8, 4) is 11.3 Å². The van der Waals surface area contributed by atoms with Crippen LogP contribution in [0.5, 0.6) is 0 Å². The monoisotopic (exact) mass is 447 g/mol. The van der Waals surface area contributed by atoms with Crippen LogP contribution in [0, 0.1) is 6.92 Å². The molecule has 2 aromatic carbocycles. The molecule has 9 heteroatoms. The molecule has 0 radical (unpaired) electrons. The Morgan fingerprint density at radius 3 is 2.25 bits per heavy atom. The smallest absolute Gasteiger partial charge is 0.257 e. The average Bonchev–Trinajstić information content (AvgIpc) is 3.29. The van der Waals surface area contributed by atoms with Gasteiger partial charge in [0, 0.05) is 58.3 Å². The fourth-order valence-corrected chi connectivity index (χ4v) is 4.23. The fraction of sp³-hybridized carbons (Fsp3) is 0.130. The van der Waals surface area contributed by atoms with Gasteiger partial charge in [-0.05, 0) is 31.2 Å². The lowest BCUT2D eigenvalue weighted by molar-refractivity contribution is -0.115. The van der Waals surface area contributed by atoms with Crippen LogP contribution in [0.1, 0.15) is 29.9 Å². The fourth-order valence-electron chi connectivity index (χ4n) is 3.53. The normalized spacial score (nSPS) is 10.7. The first-order valence-corrected chi connectivity index (χ1v) is 10.7. The zero-order valence-electron chi connectivity index (χ0n) is 17.7. The van der Waals surface area contributed by atoms with E-state index >= 15 is 0 Å². The molecule has 0 spiro atoms. The highest BCUT2D eigenvalue weighted by molar-refractivity contribution is 7.14. The maximum Gasteiger partial charge on any atom is 0.257 e. The van der Waals surface area contributed by atoms with Gasteiger partial charge in [-0.15, -0.1) is 11.3 Å². The highest BCUT2D eigenvalue weighted by Crippen LogP contribution is 2.34. The number of hydrogen-bond acceptors (Lipinski definition) is 5. The molecule has 0 saturated carbocycles. The third-order valence-corrected chi connectivity index (χ3v) is 5.47. The summed E-state index contributed by atoms with van der Waals surface area (Å²) in [6, 6.07) is 12.7. The van der Waals surface area contributed by atoms with E-state index in [0.29, 0.717) is 16.5 Å². The minimum absolute atomic E-state index is 0.278. The standard InChI is InChI=1S/C23H21N5O3S/c1-12-21(18-6-4-5-7-19(18)24-12)20-11-32-23(27-20)28-22(31)15-8-16(25-13(2)29)10-17(9-15)26-14(3)30/h4-11,24H,1-3H3,(H,25,29)(H,26,30)(H,27,28,31). The number of fused-ring (bicyclic) bond motifs is 1. The Kier molecular flexibility index (Phi) is 5.74. The van der Waals surface area contributed by atoms with Gasteiger partial charge in [0.2, 0.25) is 11.8 Å².